The minimum absolute atomic E-state index is 0.0835. The van der Waals surface area contributed by atoms with Crippen LogP contribution in [0, 0.1) is 11.3 Å². The normalized spacial score (nSPS) is 23.2. The molecule has 2 saturated heterocycles. The average Bonchev–Trinajstić information content (AvgIpc) is 3.86. The van der Waals surface area contributed by atoms with Crippen LogP contribution in [0.4, 0.5) is 11.6 Å². The van der Waals surface area contributed by atoms with E-state index in [1.54, 1.807) is 36.6 Å². The molecule has 1 N–H and O–H groups in total. The fraction of sp³-hybridized carbons (Fsp3) is 0.556. The summed E-state index contributed by atoms with van der Waals surface area (Å²) in [5, 5.41) is 22.1. The van der Waals surface area contributed by atoms with Crippen LogP contribution in [0.15, 0.2) is 49.4 Å². The SMILES string of the molecule is CO[C@@H](C)CCOc1nn(C2CCC(N3[C@@H]4CC[C@H]3COC4)CC2)cc1Nc1ncc(-c2ccc(C#N)c(O[C@@H](C)Cn3cncn3)c2)cn1. The first-order valence-electron chi connectivity index (χ1n) is 17.7. The van der Waals surface area contributed by atoms with Gasteiger partial charge in [-0.2, -0.15) is 10.4 Å². The number of nitriles is 1. The first kappa shape index (κ1) is 33.9. The molecule has 50 heavy (non-hydrogen) atoms. The molecule has 0 spiro atoms. The minimum Gasteiger partial charge on any atom is -0.487 e. The van der Waals surface area contributed by atoms with Gasteiger partial charge >= 0.3 is 0 Å². The standard InChI is InChI=1S/C36H46N10O4/c1-24(47-3)12-13-49-35-33(19-45(43-35)29-6-8-30(9-7-29)46-31-10-11-32(46)21-48-20-31)42-36-39-16-28(17-40-36)26-4-5-27(15-37)34(14-26)50-25(2)18-44-23-38-22-41-44/h4-5,14,16-17,19,22-25,29-32H,6-13,18,20-21H2,1-3H3,(H,39,40,42)/t24-,25-,29?,30?,31-,32+/m0/s1. The van der Waals surface area contributed by atoms with Crippen LogP contribution in [0.25, 0.3) is 11.1 Å². The fourth-order valence-corrected chi connectivity index (χ4v) is 7.47. The Hall–Kier alpha value is -4.58. The molecular weight excluding hydrogens is 636 g/mol. The number of rotatable bonds is 14. The number of ether oxygens (including phenoxy) is 4. The Labute approximate surface area is 292 Å². The smallest absolute Gasteiger partial charge is 0.256 e. The van der Waals surface area contributed by atoms with Crippen LogP contribution in [-0.2, 0) is 16.0 Å². The van der Waals surface area contributed by atoms with Crippen LogP contribution in [0.2, 0.25) is 0 Å². The van der Waals surface area contributed by atoms with Gasteiger partial charge in [-0.1, -0.05) is 6.07 Å². The number of benzene rings is 1. The Morgan fingerprint density at radius 2 is 1.72 bits per heavy atom. The predicted molar refractivity (Wildman–Crippen MR) is 185 cm³/mol. The molecule has 2 aliphatic heterocycles. The monoisotopic (exact) mass is 682 g/mol. The second-order valence-electron chi connectivity index (χ2n) is 13.6. The average molecular weight is 683 g/mol. The molecule has 14 nitrogen and oxygen atoms in total. The summed E-state index contributed by atoms with van der Waals surface area (Å²) in [7, 11) is 1.71. The van der Waals surface area contributed by atoms with E-state index in [2.05, 4.69) is 41.0 Å². The van der Waals surface area contributed by atoms with E-state index in [9.17, 15) is 5.26 Å². The molecule has 1 aliphatic carbocycles. The lowest BCUT2D eigenvalue weighted by Gasteiger charge is -2.43. The number of hydrogen-bond acceptors (Lipinski definition) is 12. The molecule has 3 aromatic heterocycles. The molecule has 3 fully saturated rings. The summed E-state index contributed by atoms with van der Waals surface area (Å²) >= 11 is 0. The van der Waals surface area contributed by atoms with E-state index in [4.69, 9.17) is 24.0 Å². The largest absolute Gasteiger partial charge is 0.487 e. The first-order chi connectivity index (χ1) is 24.5. The minimum atomic E-state index is -0.230. The summed E-state index contributed by atoms with van der Waals surface area (Å²) in [5.41, 5.74) is 2.81. The van der Waals surface area contributed by atoms with E-state index in [1.807, 2.05) is 32.2 Å². The molecule has 5 heterocycles. The van der Waals surface area contributed by atoms with Crippen LogP contribution in [0.1, 0.15) is 70.4 Å². The van der Waals surface area contributed by atoms with Crippen LogP contribution < -0.4 is 14.8 Å². The lowest BCUT2D eigenvalue weighted by Crippen LogP contribution is -2.52. The Morgan fingerprint density at radius 3 is 2.42 bits per heavy atom. The highest BCUT2D eigenvalue weighted by Gasteiger charge is 2.42. The van der Waals surface area contributed by atoms with Gasteiger partial charge < -0.3 is 24.3 Å². The van der Waals surface area contributed by atoms with Crippen LogP contribution in [-0.4, -0.2) is 96.7 Å². The molecule has 0 radical (unpaired) electrons. The number of nitrogens with zero attached hydrogens (tertiary/aromatic N) is 9. The van der Waals surface area contributed by atoms with E-state index in [0.717, 1.165) is 62.1 Å². The lowest BCUT2D eigenvalue weighted by atomic mass is 9.89. The molecule has 2 bridgehead atoms. The maximum atomic E-state index is 9.69. The van der Waals surface area contributed by atoms with Crippen molar-refractivity contribution in [2.45, 2.75) is 102 Å². The summed E-state index contributed by atoms with van der Waals surface area (Å²) < 4.78 is 27.4. The van der Waals surface area contributed by atoms with E-state index in [-0.39, 0.29) is 12.2 Å². The summed E-state index contributed by atoms with van der Waals surface area (Å²) in [5.74, 6) is 1.45. The van der Waals surface area contributed by atoms with Gasteiger partial charge in [-0.3, -0.25) is 9.58 Å². The fourth-order valence-electron chi connectivity index (χ4n) is 7.47. The highest BCUT2D eigenvalue weighted by Crippen LogP contribution is 2.39. The number of morpholine rings is 1. The number of aromatic nitrogens is 7. The molecule has 264 valence electrons. The third kappa shape index (κ3) is 7.75. The predicted octanol–water partition coefficient (Wildman–Crippen LogP) is 5.17. The third-order valence-corrected chi connectivity index (χ3v) is 10.2. The maximum Gasteiger partial charge on any atom is 0.256 e. The van der Waals surface area contributed by atoms with Crippen molar-refractivity contribution in [1.29, 1.82) is 5.26 Å². The van der Waals surface area contributed by atoms with Gasteiger partial charge in [0.2, 0.25) is 5.95 Å². The summed E-state index contributed by atoms with van der Waals surface area (Å²) in [6, 6.07) is 9.78. The van der Waals surface area contributed by atoms with Gasteiger partial charge in [0.25, 0.3) is 5.88 Å². The number of anilines is 2. The van der Waals surface area contributed by atoms with E-state index < -0.39 is 0 Å². The zero-order chi connectivity index (χ0) is 34.5. The molecule has 14 heteroatoms. The van der Waals surface area contributed by atoms with Gasteiger partial charge in [-0.15, -0.1) is 5.10 Å². The van der Waals surface area contributed by atoms with Gasteiger partial charge in [-0.25, -0.2) is 19.6 Å². The molecular formula is C36H46N10O4. The Kier molecular flexibility index (Phi) is 10.5. The highest BCUT2D eigenvalue weighted by atomic mass is 16.5. The van der Waals surface area contributed by atoms with Gasteiger partial charge in [0.1, 0.15) is 36.3 Å². The topological polar surface area (TPSA) is 150 Å². The quantitative estimate of drug-likeness (QED) is 0.187. The molecule has 0 unspecified atom stereocenters. The van der Waals surface area contributed by atoms with Crippen molar-refractivity contribution in [3.8, 4) is 28.8 Å². The number of nitrogens with one attached hydrogen (secondary N) is 1. The number of hydrogen-bond donors (Lipinski definition) is 1. The van der Waals surface area contributed by atoms with Crippen molar-refractivity contribution in [1.82, 2.24) is 39.4 Å². The van der Waals surface area contributed by atoms with Gasteiger partial charge in [0, 0.05) is 49.6 Å². The lowest BCUT2D eigenvalue weighted by molar-refractivity contribution is -0.0458. The zero-order valence-electron chi connectivity index (χ0n) is 29.0. The van der Waals surface area contributed by atoms with Gasteiger partial charge in [-0.05, 0) is 70.1 Å². The van der Waals surface area contributed by atoms with Crippen LogP contribution in [0.5, 0.6) is 11.6 Å². The molecule has 4 atom stereocenters. The summed E-state index contributed by atoms with van der Waals surface area (Å²) in [6.07, 6.45) is 16.2. The van der Waals surface area contributed by atoms with Crippen molar-refractivity contribution in [3.05, 3.63) is 55.0 Å². The summed E-state index contributed by atoms with van der Waals surface area (Å²) in [6.45, 7) is 6.69. The van der Waals surface area contributed by atoms with Crippen molar-refractivity contribution in [2.75, 3.05) is 32.2 Å². The zero-order valence-corrected chi connectivity index (χ0v) is 29.0. The number of methoxy groups -OCH3 is 1. The second-order valence-corrected chi connectivity index (χ2v) is 13.6. The third-order valence-electron chi connectivity index (χ3n) is 10.2. The highest BCUT2D eigenvalue weighted by molar-refractivity contribution is 5.67. The van der Waals surface area contributed by atoms with Crippen molar-refractivity contribution in [2.24, 2.45) is 0 Å². The molecule has 3 aliphatic rings. The van der Waals surface area contributed by atoms with Gasteiger partial charge in [0.05, 0.1) is 50.3 Å². The Bertz CT molecular complexity index is 1720. The van der Waals surface area contributed by atoms with Crippen LogP contribution >= 0.6 is 0 Å². The van der Waals surface area contributed by atoms with Gasteiger partial charge in [0.15, 0.2) is 0 Å². The van der Waals surface area contributed by atoms with Crippen LogP contribution in [0.3, 0.4) is 0 Å². The van der Waals surface area contributed by atoms with Crippen molar-refractivity contribution < 1.29 is 18.9 Å². The number of fused-ring (bicyclic) bond motifs is 2. The van der Waals surface area contributed by atoms with Crippen molar-refractivity contribution in [3.63, 3.8) is 0 Å². The van der Waals surface area contributed by atoms with Crippen molar-refractivity contribution >= 4 is 11.6 Å². The molecule has 1 aromatic carbocycles. The molecule has 4 aromatic rings. The van der Waals surface area contributed by atoms with E-state index >= 15 is 0 Å². The summed E-state index contributed by atoms with van der Waals surface area (Å²) in [4.78, 5) is 16.0. The van der Waals surface area contributed by atoms with E-state index in [0.29, 0.717) is 60.5 Å². The molecule has 7 rings (SSSR count). The van der Waals surface area contributed by atoms with E-state index in [1.165, 1.54) is 19.2 Å². The Balaban J connectivity index is 1.03. The molecule has 0 amide bonds. The second kappa shape index (κ2) is 15.5. The first-order valence-corrected chi connectivity index (χ1v) is 17.7. The Morgan fingerprint density at radius 1 is 0.980 bits per heavy atom. The molecule has 1 saturated carbocycles. The maximum absolute atomic E-state index is 9.69.